The molecule has 0 radical (unpaired) electrons. The highest BCUT2D eigenvalue weighted by atomic mass is 16.5. The highest BCUT2D eigenvalue weighted by Gasteiger charge is 2.31. The van der Waals surface area contributed by atoms with Crippen LogP contribution in [0.1, 0.15) is 54.4 Å². The molecule has 0 spiro atoms. The lowest BCUT2D eigenvalue weighted by Gasteiger charge is -2.37. The summed E-state index contributed by atoms with van der Waals surface area (Å²) in [5, 5.41) is 0. The van der Waals surface area contributed by atoms with Gasteiger partial charge in [-0.3, -0.25) is 4.79 Å². The summed E-state index contributed by atoms with van der Waals surface area (Å²) in [7, 11) is 0. The van der Waals surface area contributed by atoms with E-state index < -0.39 is 0 Å². The molecule has 0 atom stereocenters. The fourth-order valence-corrected chi connectivity index (χ4v) is 2.15. The van der Waals surface area contributed by atoms with Gasteiger partial charge in [-0.1, -0.05) is 20.8 Å². The Morgan fingerprint density at radius 2 is 1.53 bits per heavy atom. The Bertz CT molecular complexity index is 265. The molecule has 0 N–H and O–H groups in total. The highest BCUT2D eigenvalue weighted by molar-refractivity contribution is 5.81. The Labute approximate surface area is 106 Å². The molecule has 1 amide bonds. The van der Waals surface area contributed by atoms with Gasteiger partial charge in [0.05, 0.1) is 11.7 Å². The quantitative estimate of drug-likeness (QED) is 0.706. The van der Waals surface area contributed by atoms with Gasteiger partial charge in [-0.25, -0.2) is 0 Å². The fourth-order valence-electron chi connectivity index (χ4n) is 2.15. The fraction of sp³-hybridized carbons (Fsp3) is 0.929. The van der Waals surface area contributed by atoms with Gasteiger partial charge in [0, 0.05) is 18.5 Å². The Kier molecular flexibility index (Phi) is 4.23. The summed E-state index contributed by atoms with van der Waals surface area (Å²) in [4.78, 5) is 14.1. The molecule has 0 unspecified atom stereocenters. The number of ether oxygens (including phenoxy) is 1. The first-order valence-electron chi connectivity index (χ1n) is 6.57. The molecule has 3 heteroatoms. The Morgan fingerprint density at radius 1 is 1.06 bits per heavy atom. The molecule has 1 rings (SSSR count). The molecule has 3 nitrogen and oxygen atoms in total. The first kappa shape index (κ1) is 14.5. The standard InChI is InChI=1S/C14H27NO2/c1-13(2,3)12(16)15-9-7-11(8-10-15)17-14(4,5)6/h11H,7-10H2,1-6H3. The van der Waals surface area contributed by atoms with Crippen molar-refractivity contribution in [3.63, 3.8) is 0 Å². The van der Waals surface area contributed by atoms with E-state index in [4.69, 9.17) is 4.74 Å². The van der Waals surface area contributed by atoms with Crippen molar-refractivity contribution in [1.82, 2.24) is 4.90 Å². The average Bonchev–Trinajstić information content (AvgIpc) is 2.14. The molecule has 1 heterocycles. The molecule has 1 aliphatic rings. The minimum Gasteiger partial charge on any atom is -0.372 e. The van der Waals surface area contributed by atoms with Crippen molar-refractivity contribution < 1.29 is 9.53 Å². The second-order valence-electron chi connectivity index (χ2n) is 6.97. The minimum absolute atomic E-state index is 0.0825. The zero-order valence-corrected chi connectivity index (χ0v) is 12.2. The van der Waals surface area contributed by atoms with Gasteiger partial charge in [0.1, 0.15) is 0 Å². The van der Waals surface area contributed by atoms with Crippen molar-refractivity contribution in [2.45, 2.75) is 66.1 Å². The number of nitrogens with zero attached hydrogens (tertiary/aromatic N) is 1. The normalized spacial score (nSPS) is 19.5. The van der Waals surface area contributed by atoms with Gasteiger partial charge in [0.15, 0.2) is 0 Å². The summed E-state index contributed by atoms with van der Waals surface area (Å²) >= 11 is 0. The van der Waals surface area contributed by atoms with Crippen LogP contribution in [0.25, 0.3) is 0 Å². The smallest absolute Gasteiger partial charge is 0.227 e. The lowest BCUT2D eigenvalue weighted by Crippen LogP contribution is -2.46. The zero-order chi connectivity index (χ0) is 13.3. The van der Waals surface area contributed by atoms with Crippen LogP contribution in [0.4, 0.5) is 0 Å². The number of hydrogen-bond donors (Lipinski definition) is 0. The van der Waals surface area contributed by atoms with E-state index in [-0.39, 0.29) is 16.9 Å². The van der Waals surface area contributed by atoms with Crippen LogP contribution in [0.2, 0.25) is 0 Å². The van der Waals surface area contributed by atoms with Crippen molar-refractivity contribution in [2.75, 3.05) is 13.1 Å². The largest absolute Gasteiger partial charge is 0.372 e. The summed E-state index contributed by atoms with van der Waals surface area (Å²) in [5.41, 5.74) is -0.349. The molecule has 0 bridgehead atoms. The van der Waals surface area contributed by atoms with E-state index in [1.54, 1.807) is 0 Å². The van der Waals surface area contributed by atoms with E-state index in [2.05, 4.69) is 20.8 Å². The molecular weight excluding hydrogens is 214 g/mol. The minimum atomic E-state index is -0.266. The van der Waals surface area contributed by atoms with Crippen LogP contribution in [0, 0.1) is 5.41 Å². The first-order chi connectivity index (χ1) is 7.59. The molecule has 0 saturated carbocycles. The second-order valence-corrected chi connectivity index (χ2v) is 6.97. The number of carbonyl (C=O) groups excluding carboxylic acids is 1. The SMILES string of the molecule is CC(C)(C)OC1CCN(C(=O)C(C)(C)C)CC1. The number of likely N-dealkylation sites (tertiary alicyclic amines) is 1. The number of carbonyl (C=O) groups is 1. The predicted octanol–water partition coefficient (Wildman–Crippen LogP) is 2.84. The van der Waals surface area contributed by atoms with Gasteiger partial charge in [-0.2, -0.15) is 0 Å². The molecule has 0 aromatic carbocycles. The van der Waals surface area contributed by atoms with Crippen molar-refractivity contribution >= 4 is 5.91 Å². The van der Waals surface area contributed by atoms with Crippen LogP contribution in [-0.2, 0) is 9.53 Å². The molecule has 0 aromatic heterocycles. The maximum absolute atomic E-state index is 12.1. The Morgan fingerprint density at radius 3 is 1.88 bits per heavy atom. The lowest BCUT2D eigenvalue weighted by atomic mass is 9.93. The summed E-state index contributed by atoms with van der Waals surface area (Å²) in [5.74, 6) is 0.256. The Balaban J connectivity index is 2.44. The second kappa shape index (κ2) is 4.97. The van der Waals surface area contributed by atoms with Crippen molar-refractivity contribution in [1.29, 1.82) is 0 Å². The van der Waals surface area contributed by atoms with Crippen molar-refractivity contribution in [3.8, 4) is 0 Å². The maximum atomic E-state index is 12.1. The number of piperidine rings is 1. The highest BCUT2D eigenvalue weighted by Crippen LogP contribution is 2.24. The third-order valence-electron chi connectivity index (χ3n) is 2.89. The summed E-state index contributed by atoms with van der Waals surface area (Å²) in [6.45, 7) is 13.8. The molecule has 0 aliphatic carbocycles. The maximum Gasteiger partial charge on any atom is 0.227 e. The van der Waals surface area contributed by atoms with Crippen LogP contribution < -0.4 is 0 Å². The first-order valence-corrected chi connectivity index (χ1v) is 6.57. The number of rotatable bonds is 1. The summed E-state index contributed by atoms with van der Waals surface area (Å²) in [6.07, 6.45) is 2.22. The lowest BCUT2D eigenvalue weighted by molar-refractivity contribution is -0.144. The van der Waals surface area contributed by atoms with E-state index in [1.165, 1.54) is 0 Å². The van der Waals surface area contributed by atoms with Gasteiger partial charge < -0.3 is 9.64 Å². The van der Waals surface area contributed by atoms with Gasteiger partial charge in [-0.15, -0.1) is 0 Å². The Hall–Kier alpha value is -0.570. The predicted molar refractivity (Wildman–Crippen MR) is 69.9 cm³/mol. The molecule has 0 aromatic rings. The monoisotopic (exact) mass is 241 g/mol. The van der Waals surface area contributed by atoms with Crippen LogP contribution in [-0.4, -0.2) is 35.6 Å². The van der Waals surface area contributed by atoms with E-state index in [1.807, 2.05) is 25.7 Å². The van der Waals surface area contributed by atoms with E-state index in [0.29, 0.717) is 6.10 Å². The zero-order valence-electron chi connectivity index (χ0n) is 12.2. The molecular formula is C14H27NO2. The number of amides is 1. The average molecular weight is 241 g/mol. The molecule has 1 saturated heterocycles. The number of hydrogen-bond acceptors (Lipinski definition) is 2. The third-order valence-corrected chi connectivity index (χ3v) is 2.89. The van der Waals surface area contributed by atoms with Crippen molar-refractivity contribution in [3.05, 3.63) is 0 Å². The van der Waals surface area contributed by atoms with E-state index in [0.717, 1.165) is 25.9 Å². The van der Waals surface area contributed by atoms with Crippen LogP contribution in [0.5, 0.6) is 0 Å². The van der Waals surface area contributed by atoms with Crippen LogP contribution in [0.15, 0.2) is 0 Å². The van der Waals surface area contributed by atoms with Gasteiger partial charge in [-0.05, 0) is 33.6 Å². The molecule has 17 heavy (non-hydrogen) atoms. The molecule has 100 valence electrons. The summed E-state index contributed by atoms with van der Waals surface area (Å²) in [6, 6.07) is 0. The van der Waals surface area contributed by atoms with Crippen LogP contribution in [0.3, 0.4) is 0 Å². The third kappa shape index (κ3) is 4.66. The van der Waals surface area contributed by atoms with E-state index >= 15 is 0 Å². The van der Waals surface area contributed by atoms with Gasteiger partial charge in [0.25, 0.3) is 0 Å². The van der Waals surface area contributed by atoms with Crippen LogP contribution >= 0.6 is 0 Å². The molecule has 1 fully saturated rings. The van der Waals surface area contributed by atoms with Gasteiger partial charge in [0.2, 0.25) is 5.91 Å². The van der Waals surface area contributed by atoms with E-state index in [9.17, 15) is 4.79 Å². The van der Waals surface area contributed by atoms with Crippen molar-refractivity contribution in [2.24, 2.45) is 5.41 Å². The van der Waals surface area contributed by atoms with Gasteiger partial charge >= 0.3 is 0 Å². The molecule has 1 aliphatic heterocycles. The topological polar surface area (TPSA) is 29.5 Å². The summed E-state index contributed by atoms with van der Waals surface area (Å²) < 4.78 is 5.95.